The van der Waals surface area contributed by atoms with Crippen molar-refractivity contribution < 1.29 is 4.79 Å². The number of piperidine rings is 1. The lowest BCUT2D eigenvalue weighted by atomic mass is 9.80. The van der Waals surface area contributed by atoms with Crippen LogP contribution in [0.5, 0.6) is 0 Å². The van der Waals surface area contributed by atoms with Gasteiger partial charge in [0.1, 0.15) is 6.07 Å². The molecule has 1 aromatic rings. The number of rotatable bonds is 2. The fourth-order valence-corrected chi connectivity index (χ4v) is 2.56. The van der Waals surface area contributed by atoms with Gasteiger partial charge in [0.25, 0.3) is 0 Å². The highest BCUT2D eigenvalue weighted by atomic mass is 79.9. The van der Waals surface area contributed by atoms with E-state index in [0.29, 0.717) is 11.3 Å². The zero-order valence-electron chi connectivity index (χ0n) is 10.8. The predicted molar refractivity (Wildman–Crippen MR) is 77.7 cm³/mol. The van der Waals surface area contributed by atoms with Crippen molar-refractivity contribution in [1.29, 1.82) is 5.26 Å². The first-order valence-corrected chi connectivity index (χ1v) is 7.06. The van der Waals surface area contributed by atoms with Crippen molar-refractivity contribution in [2.45, 2.75) is 19.8 Å². The second-order valence-corrected chi connectivity index (χ2v) is 5.98. The summed E-state index contributed by atoms with van der Waals surface area (Å²) < 4.78 is 0.845. The third-order valence-electron chi connectivity index (χ3n) is 3.61. The maximum absolute atomic E-state index is 12.4. The standard InChI is InChI=1S/C14H16BrN3O/c1-14(4-6-17-7-5-14)13(19)18-12-8-11(15)3-2-10(12)9-16/h2-3,8,17H,4-7H2,1H3,(H,18,19). The largest absolute Gasteiger partial charge is 0.324 e. The monoisotopic (exact) mass is 321 g/mol. The van der Waals surface area contributed by atoms with Crippen LogP contribution in [0.15, 0.2) is 22.7 Å². The van der Waals surface area contributed by atoms with Crippen LogP contribution in [-0.2, 0) is 4.79 Å². The van der Waals surface area contributed by atoms with Gasteiger partial charge in [0.2, 0.25) is 5.91 Å². The quantitative estimate of drug-likeness (QED) is 0.880. The number of hydrogen-bond donors (Lipinski definition) is 2. The lowest BCUT2D eigenvalue weighted by Crippen LogP contribution is -2.42. The summed E-state index contributed by atoms with van der Waals surface area (Å²) in [6.07, 6.45) is 1.63. The van der Waals surface area contributed by atoms with Crippen LogP contribution < -0.4 is 10.6 Å². The Hall–Kier alpha value is -1.38. The Kier molecular flexibility index (Phi) is 4.23. The average molecular weight is 322 g/mol. The molecule has 0 unspecified atom stereocenters. The van der Waals surface area contributed by atoms with Gasteiger partial charge in [-0.25, -0.2) is 0 Å². The molecule has 0 aromatic heterocycles. The minimum absolute atomic E-state index is 0.0106. The van der Waals surface area contributed by atoms with Crippen LogP contribution in [0.3, 0.4) is 0 Å². The molecule has 1 saturated heterocycles. The van der Waals surface area contributed by atoms with E-state index in [2.05, 4.69) is 32.6 Å². The lowest BCUT2D eigenvalue weighted by molar-refractivity contribution is -0.126. The molecule has 4 nitrogen and oxygen atoms in total. The fourth-order valence-electron chi connectivity index (χ4n) is 2.20. The Morgan fingerprint density at radius 3 is 2.79 bits per heavy atom. The van der Waals surface area contributed by atoms with Crippen molar-refractivity contribution in [3.8, 4) is 6.07 Å². The number of hydrogen-bond acceptors (Lipinski definition) is 3. The minimum atomic E-state index is -0.361. The molecule has 1 amide bonds. The normalized spacial score (nSPS) is 17.5. The third kappa shape index (κ3) is 3.14. The summed E-state index contributed by atoms with van der Waals surface area (Å²) in [6.45, 7) is 3.69. The average Bonchev–Trinajstić information content (AvgIpc) is 2.40. The van der Waals surface area contributed by atoms with Gasteiger partial charge in [0.05, 0.1) is 11.3 Å². The molecule has 2 rings (SSSR count). The molecule has 5 heteroatoms. The van der Waals surface area contributed by atoms with Gasteiger partial charge in [0, 0.05) is 9.89 Å². The van der Waals surface area contributed by atoms with Gasteiger partial charge < -0.3 is 10.6 Å². The van der Waals surface area contributed by atoms with Gasteiger partial charge in [-0.05, 0) is 44.1 Å². The number of nitrogens with one attached hydrogen (secondary N) is 2. The smallest absolute Gasteiger partial charge is 0.230 e. The maximum atomic E-state index is 12.4. The zero-order chi connectivity index (χ0) is 13.9. The zero-order valence-corrected chi connectivity index (χ0v) is 12.4. The van der Waals surface area contributed by atoms with E-state index in [1.54, 1.807) is 18.2 Å². The van der Waals surface area contributed by atoms with Crippen LogP contribution in [0, 0.1) is 16.7 Å². The molecule has 0 aliphatic carbocycles. The Bertz CT molecular complexity index is 530. The molecule has 1 aliphatic heterocycles. The fraction of sp³-hybridized carbons (Fsp3) is 0.429. The van der Waals surface area contributed by atoms with Gasteiger partial charge in [-0.2, -0.15) is 5.26 Å². The van der Waals surface area contributed by atoms with E-state index in [9.17, 15) is 4.79 Å². The highest BCUT2D eigenvalue weighted by Gasteiger charge is 2.34. The number of carbonyl (C=O) groups is 1. The first-order valence-electron chi connectivity index (χ1n) is 6.27. The summed E-state index contributed by atoms with van der Waals surface area (Å²) in [5.74, 6) is -0.0106. The molecule has 0 spiro atoms. The van der Waals surface area contributed by atoms with E-state index in [-0.39, 0.29) is 11.3 Å². The van der Waals surface area contributed by atoms with Gasteiger partial charge in [0.15, 0.2) is 0 Å². The van der Waals surface area contributed by atoms with Gasteiger partial charge in [-0.15, -0.1) is 0 Å². The molecule has 0 atom stereocenters. The van der Waals surface area contributed by atoms with Crippen molar-refractivity contribution in [2.24, 2.45) is 5.41 Å². The number of anilines is 1. The van der Waals surface area contributed by atoms with Crippen molar-refractivity contribution >= 4 is 27.5 Å². The Morgan fingerprint density at radius 2 is 2.16 bits per heavy atom. The summed E-state index contributed by atoms with van der Waals surface area (Å²) >= 11 is 3.35. The summed E-state index contributed by atoms with van der Waals surface area (Å²) in [6, 6.07) is 7.35. The van der Waals surface area contributed by atoms with Crippen molar-refractivity contribution in [3.05, 3.63) is 28.2 Å². The second kappa shape index (κ2) is 5.72. The van der Waals surface area contributed by atoms with Crippen LogP contribution in [0.1, 0.15) is 25.3 Å². The number of halogens is 1. The van der Waals surface area contributed by atoms with E-state index in [4.69, 9.17) is 5.26 Å². The summed E-state index contributed by atoms with van der Waals surface area (Å²) in [5, 5.41) is 15.2. The number of amides is 1. The highest BCUT2D eigenvalue weighted by molar-refractivity contribution is 9.10. The van der Waals surface area contributed by atoms with Crippen LogP contribution in [0.4, 0.5) is 5.69 Å². The molecule has 19 heavy (non-hydrogen) atoms. The molecule has 1 fully saturated rings. The molecule has 0 radical (unpaired) electrons. The van der Waals surface area contributed by atoms with Crippen LogP contribution in [0.2, 0.25) is 0 Å². The molecule has 0 bridgehead atoms. The van der Waals surface area contributed by atoms with Crippen LogP contribution >= 0.6 is 15.9 Å². The van der Waals surface area contributed by atoms with E-state index < -0.39 is 0 Å². The first kappa shape index (κ1) is 14.0. The number of benzene rings is 1. The number of nitrogens with zero attached hydrogens (tertiary/aromatic N) is 1. The van der Waals surface area contributed by atoms with Crippen molar-refractivity contribution in [2.75, 3.05) is 18.4 Å². The lowest BCUT2D eigenvalue weighted by Gasteiger charge is -2.32. The molecule has 1 aliphatic rings. The third-order valence-corrected chi connectivity index (χ3v) is 4.10. The summed E-state index contributed by atoms with van der Waals surface area (Å²) in [4.78, 5) is 12.4. The summed E-state index contributed by atoms with van der Waals surface area (Å²) in [7, 11) is 0. The minimum Gasteiger partial charge on any atom is -0.324 e. The van der Waals surface area contributed by atoms with E-state index >= 15 is 0 Å². The molecule has 1 aromatic carbocycles. The molecule has 2 N–H and O–H groups in total. The van der Waals surface area contributed by atoms with E-state index in [1.807, 2.05) is 6.92 Å². The van der Waals surface area contributed by atoms with Crippen LogP contribution in [0.25, 0.3) is 0 Å². The van der Waals surface area contributed by atoms with Crippen molar-refractivity contribution in [3.63, 3.8) is 0 Å². The Morgan fingerprint density at radius 1 is 1.47 bits per heavy atom. The molecular weight excluding hydrogens is 306 g/mol. The van der Waals surface area contributed by atoms with Crippen molar-refractivity contribution in [1.82, 2.24) is 5.32 Å². The van der Waals surface area contributed by atoms with Gasteiger partial charge >= 0.3 is 0 Å². The van der Waals surface area contributed by atoms with E-state index in [0.717, 1.165) is 30.4 Å². The molecule has 100 valence electrons. The molecule has 0 saturated carbocycles. The first-order chi connectivity index (χ1) is 9.05. The SMILES string of the molecule is CC1(C(=O)Nc2cc(Br)ccc2C#N)CCNCC1. The summed E-state index contributed by atoms with van der Waals surface area (Å²) in [5.41, 5.74) is 0.691. The Balaban J connectivity index is 2.19. The molecule has 1 heterocycles. The predicted octanol–water partition coefficient (Wildman–Crippen LogP) is 2.65. The number of nitriles is 1. The topological polar surface area (TPSA) is 64.9 Å². The van der Waals surface area contributed by atoms with Gasteiger partial charge in [-0.1, -0.05) is 22.9 Å². The van der Waals surface area contributed by atoms with Crippen LogP contribution in [-0.4, -0.2) is 19.0 Å². The maximum Gasteiger partial charge on any atom is 0.230 e. The van der Waals surface area contributed by atoms with Gasteiger partial charge in [-0.3, -0.25) is 4.79 Å². The number of carbonyl (C=O) groups excluding carboxylic acids is 1. The highest BCUT2D eigenvalue weighted by Crippen LogP contribution is 2.30. The second-order valence-electron chi connectivity index (χ2n) is 5.07. The van der Waals surface area contributed by atoms with E-state index in [1.165, 1.54) is 0 Å². The Labute approximate surface area is 121 Å². The molecular formula is C14H16BrN3O.